The first-order valence-electron chi connectivity index (χ1n) is 2.26. The lowest BCUT2D eigenvalue weighted by Crippen LogP contribution is -2.03. The highest BCUT2D eigenvalue weighted by Gasteiger charge is 1.99. The molecule has 0 spiro atoms. The Morgan fingerprint density at radius 2 is 2.50 bits per heavy atom. The van der Waals surface area contributed by atoms with E-state index in [1.165, 1.54) is 0 Å². The van der Waals surface area contributed by atoms with Crippen LogP contribution in [-0.2, 0) is 4.79 Å². The second kappa shape index (κ2) is 1.80. The van der Waals surface area contributed by atoms with Crippen molar-refractivity contribution in [2.24, 2.45) is 5.92 Å². The van der Waals surface area contributed by atoms with Crippen molar-refractivity contribution >= 4 is 5.97 Å². The van der Waals surface area contributed by atoms with Crippen molar-refractivity contribution < 1.29 is 9.90 Å². The number of hydrogen-bond donors (Lipinski definition) is 1. The minimum atomic E-state index is -0.486. The summed E-state index contributed by atoms with van der Waals surface area (Å²) in [5.41, 5.74) is 0. The summed E-state index contributed by atoms with van der Waals surface area (Å²) in [5.74, 6) is -0.669. The van der Waals surface area contributed by atoms with Gasteiger partial charge in [0.25, 0.3) is 1.43 Å². The molecule has 0 saturated carbocycles. The lowest BCUT2D eigenvalue weighted by Gasteiger charge is -1.89. The smallest absolute Gasteiger partial charge is 0.305 e. The molecule has 0 heterocycles. The summed E-state index contributed by atoms with van der Waals surface area (Å²) >= 11 is 0. The van der Waals surface area contributed by atoms with E-state index in [1.807, 2.05) is 0 Å². The van der Waals surface area contributed by atoms with Crippen LogP contribution < -0.4 is 0 Å². The molecule has 0 rings (SSSR count). The SMILES string of the molecule is [3H]OC(=O)C(C)C. The fourth-order valence-corrected chi connectivity index (χ4v) is 0. The molecule has 0 saturated heterocycles. The van der Waals surface area contributed by atoms with Gasteiger partial charge in [0.15, 0.2) is 0 Å². The van der Waals surface area contributed by atoms with Crippen LogP contribution in [0.25, 0.3) is 1.43 Å². The summed E-state index contributed by atoms with van der Waals surface area (Å²) in [7, 11) is 0. The summed E-state index contributed by atoms with van der Waals surface area (Å²) in [6.45, 7) is 3.35. The van der Waals surface area contributed by atoms with Gasteiger partial charge in [-0.15, -0.1) is 0 Å². The maximum atomic E-state index is 10.1. The summed E-state index contributed by atoms with van der Waals surface area (Å²) in [4.78, 5) is 10.1. The molecule has 0 aromatic carbocycles. The highest BCUT2D eigenvalue weighted by Crippen LogP contribution is 1.87. The van der Waals surface area contributed by atoms with Gasteiger partial charge in [-0.05, 0) is 0 Å². The molecule has 0 aliphatic heterocycles. The number of hydrogen-bond acceptors (Lipinski definition) is 2. The van der Waals surface area contributed by atoms with E-state index < -0.39 is 5.97 Å². The topological polar surface area (TPSA) is 37.3 Å². The number of aliphatic carboxylic acids is 1. The molecule has 0 amide bonds. The predicted molar refractivity (Wildman–Crippen MR) is 22.5 cm³/mol. The average molecular weight is 90.1 g/mol. The molecule has 0 bridgehead atoms. The molecule has 6 heavy (non-hydrogen) atoms. The van der Waals surface area contributed by atoms with E-state index >= 15 is 0 Å². The highest BCUT2D eigenvalue weighted by molar-refractivity contribution is 5.68. The summed E-state index contributed by atoms with van der Waals surface area (Å²) in [5, 5.41) is 3.62. The van der Waals surface area contributed by atoms with Crippen LogP contribution >= 0.6 is 0 Å². The van der Waals surface area contributed by atoms with Gasteiger partial charge in [-0.2, -0.15) is 0 Å². The predicted octanol–water partition coefficient (Wildman–Crippen LogP) is 0.727. The minimum Gasteiger partial charge on any atom is -0.481 e. The van der Waals surface area contributed by atoms with E-state index in [0.29, 0.717) is 0 Å². The van der Waals surface area contributed by atoms with Crippen molar-refractivity contribution in [3.8, 4) is 0 Å². The van der Waals surface area contributed by atoms with Gasteiger partial charge in [-0.3, -0.25) is 4.79 Å². The van der Waals surface area contributed by atoms with E-state index in [2.05, 4.69) is 5.11 Å². The third-order valence-electron chi connectivity index (χ3n) is 0.471. The molecule has 2 nitrogen and oxygen atoms in total. The Bertz CT molecular complexity index is 70.1. The Morgan fingerprint density at radius 1 is 2.00 bits per heavy atom. The Balaban J connectivity index is 3.35. The van der Waals surface area contributed by atoms with E-state index in [-0.39, 0.29) is 5.92 Å². The van der Waals surface area contributed by atoms with Crippen LogP contribution in [0.15, 0.2) is 0 Å². The molecule has 0 atom stereocenters. The van der Waals surface area contributed by atoms with Gasteiger partial charge in [0, 0.05) is 0 Å². The van der Waals surface area contributed by atoms with Crippen LogP contribution in [0.4, 0.5) is 0 Å². The lowest BCUT2D eigenvalue weighted by molar-refractivity contribution is -0.140. The summed E-state index contributed by atoms with van der Waals surface area (Å²) in [6, 6.07) is 0. The van der Waals surface area contributed by atoms with Crippen LogP contribution in [0, 0.1) is 5.92 Å². The molecule has 0 fully saturated rings. The molecule has 0 aliphatic rings. The van der Waals surface area contributed by atoms with Gasteiger partial charge >= 0.3 is 5.97 Å². The Labute approximate surface area is 38.3 Å². The number of rotatable bonds is 1. The van der Waals surface area contributed by atoms with Gasteiger partial charge < -0.3 is 5.11 Å². The molecule has 0 radical (unpaired) electrons. The first-order chi connectivity index (χ1) is 3.18. The molecular formula is C4H8O2. The average Bonchev–Trinajstić information content (AvgIpc) is 1.65. The second-order valence-electron chi connectivity index (χ2n) is 1.47. The van der Waals surface area contributed by atoms with Crippen molar-refractivity contribution in [2.45, 2.75) is 13.8 Å². The third-order valence-corrected chi connectivity index (χ3v) is 0.471. The molecule has 0 aliphatic carbocycles. The quantitative estimate of drug-likeness (QED) is 0.515. The molecular weight excluding hydrogens is 80.0 g/mol. The van der Waals surface area contributed by atoms with Gasteiger partial charge in [0.05, 0.1) is 5.92 Å². The van der Waals surface area contributed by atoms with Crippen LogP contribution in [0.1, 0.15) is 13.8 Å². The molecule has 1 N–H and O–H groups in total. The van der Waals surface area contributed by atoms with Gasteiger partial charge in [-0.25, -0.2) is 0 Å². The number of carboxylic acid groups (broad SMARTS) is 1. The van der Waals surface area contributed by atoms with Crippen molar-refractivity contribution in [1.29, 1.82) is 1.43 Å². The summed E-state index contributed by atoms with van der Waals surface area (Å²) in [6.07, 6.45) is 0. The van der Waals surface area contributed by atoms with Crippen molar-refractivity contribution in [3.05, 3.63) is 0 Å². The van der Waals surface area contributed by atoms with Crippen molar-refractivity contribution in [1.82, 2.24) is 0 Å². The summed E-state index contributed by atoms with van der Waals surface area (Å²) < 4.78 is 6.09. The van der Waals surface area contributed by atoms with E-state index in [9.17, 15) is 4.79 Å². The zero-order valence-electron chi connectivity index (χ0n) is 4.89. The third kappa shape index (κ3) is 1.76. The van der Waals surface area contributed by atoms with Crippen LogP contribution in [0.5, 0.6) is 0 Å². The number of carboxylic acids is 1. The highest BCUT2D eigenvalue weighted by atomic mass is 16.4. The first-order valence-corrected chi connectivity index (χ1v) is 1.85. The standard InChI is InChI=1S/C4H8O2/c1-3(2)4(5)6/h3H,1-2H3,(H,5,6)/i/hT. The van der Waals surface area contributed by atoms with E-state index in [1.54, 1.807) is 13.8 Å². The molecule has 0 aromatic rings. The lowest BCUT2D eigenvalue weighted by atomic mass is 10.2. The van der Waals surface area contributed by atoms with Gasteiger partial charge in [0.2, 0.25) is 0 Å². The zero-order chi connectivity index (χ0) is 5.86. The molecule has 0 unspecified atom stereocenters. The van der Waals surface area contributed by atoms with Crippen molar-refractivity contribution in [2.75, 3.05) is 0 Å². The fraction of sp³-hybridized carbons (Fsp3) is 0.750. The molecule has 36 valence electrons. The van der Waals surface area contributed by atoms with Gasteiger partial charge in [0.1, 0.15) is 0 Å². The normalized spacial score (nSPS) is 10.8. The van der Waals surface area contributed by atoms with Crippen LogP contribution in [0.2, 0.25) is 0 Å². The maximum Gasteiger partial charge on any atom is 0.305 e. The number of carbonyl (C=O) groups is 1. The molecule has 0 aromatic heterocycles. The zero-order valence-corrected chi connectivity index (χ0v) is 3.89. The van der Waals surface area contributed by atoms with E-state index in [0.717, 1.165) is 0 Å². The van der Waals surface area contributed by atoms with Crippen LogP contribution in [0.3, 0.4) is 0 Å². The second-order valence-corrected chi connectivity index (χ2v) is 1.47. The minimum absolute atomic E-state index is 0.183. The van der Waals surface area contributed by atoms with Gasteiger partial charge in [-0.1, -0.05) is 13.8 Å². The van der Waals surface area contributed by atoms with Crippen molar-refractivity contribution in [3.63, 3.8) is 0 Å². The Kier molecular flexibility index (Phi) is 1.10. The monoisotopic (exact) mass is 90.1 g/mol. The Hall–Kier alpha value is -0.530. The first kappa shape index (κ1) is 3.65. The largest absolute Gasteiger partial charge is 0.481 e. The molecule has 2 heteroatoms. The van der Waals surface area contributed by atoms with E-state index in [4.69, 9.17) is 1.43 Å². The fourth-order valence-electron chi connectivity index (χ4n) is 0. The maximum absolute atomic E-state index is 10.1. The van der Waals surface area contributed by atoms with Crippen LogP contribution in [-0.4, -0.2) is 11.1 Å². The Morgan fingerprint density at radius 3 is 2.50 bits per heavy atom.